The highest BCUT2D eigenvalue weighted by Gasteiger charge is 2.40. The minimum atomic E-state index is -0.727. The van der Waals surface area contributed by atoms with E-state index in [1.807, 2.05) is 0 Å². The first-order valence-electron chi connectivity index (χ1n) is 11.9. The van der Waals surface area contributed by atoms with Crippen molar-refractivity contribution in [1.82, 2.24) is 19.4 Å². The summed E-state index contributed by atoms with van der Waals surface area (Å²) in [6.07, 6.45) is 3.56. The molecule has 1 aromatic carbocycles. The second kappa shape index (κ2) is 9.40. The lowest BCUT2D eigenvalue weighted by Crippen LogP contribution is -2.51. The predicted molar refractivity (Wildman–Crippen MR) is 134 cm³/mol. The third-order valence-electron chi connectivity index (χ3n) is 7.26. The highest BCUT2D eigenvalue weighted by molar-refractivity contribution is 6.00. The van der Waals surface area contributed by atoms with Gasteiger partial charge in [-0.3, -0.25) is 14.5 Å². The molecule has 0 radical (unpaired) electrons. The van der Waals surface area contributed by atoms with Crippen molar-refractivity contribution in [2.24, 2.45) is 18.2 Å². The third-order valence-corrected chi connectivity index (χ3v) is 7.26. The zero-order valence-electron chi connectivity index (χ0n) is 20.5. The third kappa shape index (κ3) is 4.24. The Morgan fingerprint density at radius 3 is 2.61 bits per heavy atom. The lowest BCUT2D eigenvalue weighted by atomic mass is 9.77. The fourth-order valence-corrected chi connectivity index (χ4v) is 4.97. The predicted octanol–water partition coefficient (Wildman–Crippen LogP) is 1.18. The van der Waals surface area contributed by atoms with Gasteiger partial charge in [0.25, 0.3) is 11.5 Å². The van der Waals surface area contributed by atoms with Gasteiger partial charge in [-0.25, -0.2) is 9.97 Å². The van der Waals surface area contributed by atoms with E-state index in [2.05, 4.69) is 14.9 Å². The number of rotatable bonds is 7. The fourth-order valence-electron chi connectivity index (χ4n) is 4.97. The first-order chi connectivity index (χ1) is 17.3. The van der Waals surface area contributed by atoms with Crippen LogP contribution in [-0.4, -0.2) is 71.9 Å². The Labute approximate surface area is 208 Å². The van der Waals surface area contributed by atoms with Crippen molar-refractivity contribution in [3.63, 3.8) is 0 Å². The van der Waals surface area contributed by atoms with Gasteiger partial charge >= 0.3 is 0 Å². The van der Waals surface area contributed by atoms with Crippen molar-refractivity contribution >= 4 is 22.6 Å². The summed E-state index contributed by atoms with van der Waals surface area (Å²) in [7, 11) is 3.12. The van der Waals surface area contributed by atoms with Gasteiger partial charge in [-0.1, -0.05) is 0 Å². The Balaban J connectivity index is 1.44. The molecular weight excluding hydrogens is 464 g/mol. The van der Waals surface area contributed by atoms with E-state index < -0.39 is 5.91 Å². The van der Waals surface area contributed by atoms with Crippen molar-refractivity contribution in [2.75, 3.05) is 52.3 Å². The Morgan fingerprint density at radius 2 is 1.97 bits per heavy atom. The van der Waals surface area contributed by atoms with Crippen LogP contribution in [0.15, 0.2) is 29.2 Å². The summed E-state index contributed by atoms with van der Waals surface area (Å²) in [6.45, 7) is 5.11. The largest absolute Gasteiger partial charge is 0.492 e. The molecule has 4 heterocycles. The molecule has 0 saturated carbocycles. The van der Waals surface area contributed by atoms with Crippen LogP contribution in [0.3, 0.4) is 0 Å². The minimum absolute atomic E-state index is 0.0416. The molecule has 4 N–H and O–H groups in total. The fraction of sp³-hybridized carbons (Fsp3) is 0.440. The Bertz CT molecular complexity index is 1370. The zero-order valence-corrected chi connectivity index (χ0v) is 20.5. The second-order valence-corrected chi connectivity index (χ2v) is 9.49. The van der Waals surface area contributed by atoms with Crippen LogP contribution in [0.4, 0.5) is 5.95 Å². The van der Waals surface area contributed by atoms with Crippen LogP contribution < -0.4 is 26.5 Å². The number of piperidine rings is 1. The molecule has 2 aromatic heterocycles. The van der Waals surface area contributed by atoms with Gasteiger partial charge in [-0.15, -0.1) is 0 Å². The van der Waals surface area contributed by atoms with E-state index in [-0.39, 0.29) is 22.8 Å². The zero-order chi connectivity index (χ0) is 25.4. The average molecular weight is 495 g/mol. The van der Waals surface area contributed by atoms with Gasteiger partial charge in [0, 0.05) is 30.6 Å². The lowest BCUT2D eigenvalue weighted by Gasteiger charge is -2.47. The normalized spacial score (nSPS) is 17.2. The molecule has 36 heavy (non-hydrogen) atoms. The van der Waals surface area contributed by atoms with E-state index in [9.17, 15) is 9.59 Å². The average Bonchev–Trinajstić information content (AvgIpc) is 2.85. The summed E-state index contributed by atoms with van der Waals surface area (Å²) < 4.78 is 18.6. The molecule has 0 atom stereocenters. The summed E-state index contributed by atoms with van der Waals surface area (Å²) in [5.74, 6) is 0.191. The van der Waals surface area contributed by atoms with E-state index in [0.717, 1.165) is 45.7 Å². The second-order valence-electron chi connectivity index (χ2n) is 9.49. The Kier molecular flexibility index (Phi) is 6.27. The van der Waals surface area contributed by atoms with Crippen molar-refractivity contribution < 1.29 is 19.0 Å². The number of hydrogen-bond donors (Lipinski definition) is 2. The van der Waals surface area contributed by atoms with Crippen LogP contribution in [0.1, 0.15) is 23.2 Å². The van der Waals surface area contributed by atoms with Gasteiger partial charge in [0.1, 0.15) is 12.3 Å². The van der Waals surface area contributed by atoms with E-state index in [1.165, 1.54) is 17.9 Å². The molecule has 1 spiro atoms. The number of methoxy groups -OCH3 is 1. The highest BCUT2D eigenvalue weighted by Crippen LogP contribution is 2.39. The van der Waals surface area contributed by atoms with E-state index in [0.29, 0.717) is 40.0 Å². The topological polar surface area (TPSA) is 148 Å². The van der Waals surface area contributed by atoms with Gasteiger partial charge in [-0.2, -0.15) is 0 Å². The number of hydrogen-bond acceptors (Lipinski definition) is 9. The number of aromatic nitrogens is 3. The number of amides is 1. The first kappa shape index (κ1) is 24.0. The number of likely N-dealkylation sites (tertiary alicyclic amines) is 1. The quantitative estimate of drug-likeness (QED) is 0.494. The molecule has 2 saturated heterocycles. The van der Waals surface area contributed by atoms with Gasteiger partial charge in [0.2, 0.25) is 5.95 Å². The highest BCUT2D eigenvalue weighted by atomic mass is 16.5. The molecule has 11 nitrogen and oxygen atoms in total. The Morgan fingerprint density at radius 1 is 1.22 bits per heavy atom. The van der Waals surface area contributed by atoms with E-state index >= 15 is 0 Å². The number of fused-ring (bicyclic) bond motifs is 1. The molecular formula is C25H30N6O5. The van der Waals surface area contributed by atoms with Crippen LogP contribution in [0.2, 0.25) is 0 Å². The summed E-state index contributed by atoms with van der Waals surface area (Å²) in [6, 6.07) is 5.18. The molecule has 5 rings (SSSR count). The van der Waals surface area contributed by atoms with Crippen molar-refractivity contribution in [2.45, 2.75) is 12.8 Å². The van der Waals surface area contributed by atoms with Gasteiger partial charge < -0.3 is 30.2 Å². The molecule has 1 amide bonds. The molecule has 2 fully saturated rings. The van der Waals surface area contributed by atoms with Crippen molar-refractivity contribution in [3.05, 3.63) is 40.3 Å². The van der Waals surface area contributed by atoms with Crippen LogP contribution in [-0.2, 0) is 11.8 Å². The molecule has 3 aromatic rings. The number of pyridine rings is 1. The Hall–Kier alpha value is -3.70. The van der Waals surface area contributed by atoms with Crippen LogP contribution >= 0.6 is 0 Å². The number of carbonyl (C=O) groups is 1. The van der Waals surface area contributed by atoms with Gasteiger partial charge in [0.15, 0.2) is 11.5 Å². The number of anilines is 1. The maximum atomic E-state index is 13.2. The van der Waals surface area contributed by atoms with E-state index in [4.69, 9.17) is 25.7 Å². The number of benzene rings is 1. The number of carbonyl (C=O) groups excluding carboxylic acids is 1. The maximum Gasteiger partial charge on any atom is 0.258 e. The van der Waals surface area contributed by atoms with Gasteiger partial charge in [-0.05, 0) is 44.1 Å². The number of ether oxygens (including phenoxy) is 3. The number of nitrogen functional groups attached to an aromatic ring is 1. The number of primary amides is 1. The molecule has 2 aliphatic rings. The first-order valence-corrected chi connectivity index (χ1v) is 11.9. The van der Waals surface area contributed by atoms with Crippen molar-refractivity contribution in [3.8, 4) is 22.9 Å². The van der Waals surface area contributed by atoms with E-state index in [1.54, 1.807) is 25.2 Å². The summed E-state index contributed by atoms with van der Waals surface area (Å²) in [5.41, 5.74) is 12.0. The molecule has 190 valence electrons. The lowest BCUT2D eigenvalue weighted by molar-refractivity contribution is -0.139. The summed E-state index contributed by atoms with van der Waals surface area (Å²) in [5, 5.41) is 0.975. The molecule has 0 bridgehead atoms. The van der Waals surface area contributed by atoms with Crippen LogP contribution in [0.25, 0.3) is 22.2 Å². The van der Waals surface area contributed by atoms with Gasteiger partial charge in [0.05, 0.1) is 37.0 Å². The molecule has 2 aliphatic heterocycles. The van der Waals surface area contributed by atoms with Crippen LogP contribution in [0, 0.1) is 5.41 Å². The summed E-state index contributed by atoms with van der Waals surface area (Å²) in [4.78, 5) is 35.7. The maximum absolute atomic E-state index is 13.2. The van der Waals surface area contributed by atoms with Crippen molar-refractivity contribution in [1.29, 1.82) is 0 Å². The smallest absolute Gasteiger partial charge is 0.258 e. The standard InChI is InChI=1S/C25H30N6O5/c1-30-18(20-17(22(26)32)12-28-24(27)29-20)11-16-15(23(30)33)3-4-19(21(16)34-2)36-10-9-31-7-5-25(6-8-31)13-35-14-25/h3-4,11-12H,5-10,13-14H2,1-2H3,(H2,26,32)(H2,27,28,29). The number of nitrogens with two attached hydrogens (primary N) is 2. The molecule has 11 heteroatoms. The summed E-state index contributed by atoms with van der Waals surface area (Å²) >= 11 is 0. The molecule has 0 unspecified atom stereocenters. The minimum Gasteiger partial charge on any atom is -0.492 e. The number of nitrogens with zero attached hydrogens (tertiary/aromatic N) is 4. The molecule has 0 aliphatic carbocycles. The SMILES string of the molecule is COc1c(OCCN2CCC3(CC2)COC3)ccc2c(=O)n(C)c(-c3nc(N)ncc3C(N)=O)cc12. The van der Waals surface area contributed by atoms with Crippen LogP contribution in [0.5, 0.6) is 11.5 Å². The monoisotopic (exact) mass is 494 g/mol.